The molecular weight excluding hydrogens is 370 g/mol. The summed E-state index contributed by atoms with van der Waals surface area (Å²) in [4.78, 5) is 23.0. The van der Waals surface area contributed by atoms with Gasteiger partial charge in [0.05, 0.1) is 22.8 Å². The van der Waals surface area contributed by atoms with E-state index in [1.54, 1.807) is 23.2 Å². The summed E-state index contributed by atoms with van der Waals surface area (Å²) < 4.78 is 7.72. The molecule has 0 aliphatic heterocycles. The van der Waals surface area contributed by atoms with Crippen molar-refractivity contribution in [2.45, 2.75) is 59.4 Å². The number of rotatable bonds is 7. The van der Waals surface area contributed by atoms with E-state index in [9.17, 15) is 9.90 Å². The molecule has 8 heteroatoms. The summed E-state index contributed by atoms with van der Waals surface area (Å²) in [6.45, 7) is 11.2. The fourth-order valence-electron chi connectivity index (χ4n) is 4.04. The molecule has 3 aromatic rings. The zero-order valence-electron chi connectivity index (χ0n) is 17.6. The van der Waals surface area contributed by atoms with Gasteiger partial charge in [-0.15, -0.1) is 0 Å². The molecule has 0 spiro atoms. The van der Waals surface area contributed by atoms with E-state index in [1.165, 1.54) is 0 Å². The molecular formula is C21H29N5O3. The SMILES string of the molecule is CCOCc1nc2cnc3cc(O)ccc3c2n1CC(C)(C)N(C(N)=O)C(C)C. The van der Waals surface area contributed by atoms with Gasteiger partial charge in [0.1, 0.15) is 23.7 Å². The maximum atomic E-state index is 12.1. The van der Waals surface area contributed by atoms with Crippen molar-refractivity contribution in [1.29, 1.82) is 0 Å². The molecule has 8 nitrogen and oxygen atoms in total. The molecule has 3 rings (SSSR count). The Kier molecular flexibility index (Phi) is 5.66. The van der Waals surface area contributed by atoms with Crippen molar-refractivity contribution in [3.8, 4) is 5.75 Å². The van der Waals surface area contributed by atoms with Crippen molar-refractivity contribution in [3.63, 3.8) is 0 Å². The summed E-state index contributed by atoms with van der Waals surface area (Å²) in [5.74, 6) is 0.912. The molecule has 0 atom stereocenters. The molecule has 0 saturated heterocycles. The van der Waals surface area contributed by atoms with Gasteiger partial charge in [0.15, 0.2) is 0 Å². The number of amides is 2. The van der Waals surface area contributed by atoms with Crippen LogP contribution in [0.4, 0.5) is 4.79 Å². The average molecular weight is 399 g/mol. The van der Waals surface area contributed by atoms with Crippen molar-refractivity contribution >= 4 is 28.0 Å². The molecule has 3 N–H and O–H groups in total. The molecule has 2 amide bonds. The van der Waals surface area contributed by atoms with Gasteiger partial charge < -0.3 is 25.0 Å². The van der Waals surface area contributed by atoms with Crippen LogP contribution in [0.5, 0.6) is 5.75 Å². The second-order valence-electron chi connectivity index (χ2n) is 8.06. The molecule has 0 saturated carbocycles. The first kappa shape index (κ1) is 20.9. The van der Waals surface area contributed by atoms with Gasteiger partial charge in [0, 0.05) is 30.6 Å². The second-order valence-corrected chi connectivity index (χ2v) is 8.06. The third-order valence-electron chi connectivity index (χ3n) is 5.02. The number of nitrogens with zero attached hydrogens (tertiary/aromatic N) is 4. The number of carbonyl (C=O) groups excluding carboxylic acids is 1. The number of phenolic OH excluding ortho intramolecular Hbond substituents is 1. The number of aromatic nitrogens is 3. The zero-order valence-corrected chi connectivity index (χ0v) is 17.6. The van der Waals surface area contributed by atoms with E-state index in [0.717, 1.165) is 22.2 Å². The minimum atomic E-state index is -0.568. The van der Waals surface area contributed by atoms with Gasteiger partial charge in [-0.2, -0.15) is 0 Å². The Morgan fingerprint density at radius 2 is 2.07 bits per heavy atom. The van der Waals surface area contributed by atoms with Gasteiger partial charge >= 0.3 is 6.03 Å². The third-order valence-corrected chi connectivity index (χ3v) is 5.02. The number of benzene rings is 1. The second kappa shape index (κ2) is 7.87. The van der Waals surface area contributed by atoms with E-state index in [2.05, 4.69) is 9.55 Å². The Hall–Kier alpha value is -2.87. The predicted molar refractivity (Wildman–Crippen MR) is 113 cm³/mol. The molecule has 0 bridgehead atoms. The highest BCUT2D eigenvalue weighted by molar-refractivity contribution is 6.02. The fraction of sp³-hybridized carbons (Fsp3) is 0.476. The van der Waals surface area contributed by atoms with Crippen molar-refractivity contribution in [1.82, 2.24) is 19.4 Å². The first-order valence-electron chi connectivity index (χ1n) is 9.79. The summed E-state index contributed by atoms with van der Waals surface area (Å²) in [5, 5.41) is 10.7. The van der Waals surface area contributed by atoms with Gasteiger partial charge in [0.25, 0.3) is 0 Å². The zero-order chi connectivity index (χ0) is 21.3. The number of pyridine rings is 1. The maximum Gasteiger partial charge on any atom is 0.315 e. The number of hydrogen-bond acceptors (Lipinski definition) is 5. The van der Waals surface area contributed by atoms with E-state index in [0.29, 0.717) is 25.3 Å². The molecule has 0 radical (unpaired) electrons. The van der Waals surface area contributed by atoms with Crippen molar-refractivity contribution in [2.75, 3.05) is 6.61 Å². The summed E-state index contributed by atoms with van der Waals surface area (Å²) in [6, 6.07) is 4.59. The summed E-state index contributed by atoms with van der Waals surface area (Å²) in [6.07, 6.45) is 1.70. The lowest BCUT2D eigenvalue weighted by Gasteiger charge is -2.41. The van der Waals surface area contributed by atoms with Crippen LogP contribution in [-0.4, -0.2) is 48.8 Å². The Balaban J connectivity index is 2.21. The van der Waals surface area contributed by atoms with E-state index < -0.39 is 11.6 Å². The van der Waals surface area contributed by atoms with Gasteiger partial charge in [-0.05, 0) is 46.8 Å². The smallest absolute Gasteiger partial charge is 0.315 e. The van der Waals surface area contributed by atoms with Gasteiger partial charge in [-0.3, -0.25) is 4.98 Å². The maximum absolute atomic E-state index is 12.1. The normalized spacial score (nSPS) is 12.2. The number of fused-ring (bicyclic) bond motifs is 3. The molecule has 29 heavy (non-hydrogen) atoms. The lowest BCUT2D eigenvalue weighted by atomic mass is 10.0. The van der Waals surface area contributed by atoms with Crippen LogP contribution in [0.2, 0.25) is 0 Å². The van der Waals surface area contributed by atoms with Crippen LogP contribution >= 0.6 is 0 Å². The molecule has 0 aliphatic rings. The highest BCUT2D eigenvalue weighted by atomic mass is 16.5. The number of hydrogen-bond donors (Lipinski definition) is 2. The third kappa shape index (κ3) is 3.98. The lowest BCUT2D eigenvalue weighted by Crippen LogP contribution is -2.55. The van der Waals surface area contributed by atoms with Crippen molar-refractivity contribution in [3.05, 3.63) is 30.2 Å². The van der Waals surface area contributed by atoms with E-state index in [1.807, 2.05) is 40.7 Å². The average Bonchev–Trinajstić information content (AvgIpc) is 2.95. The van der Waals surface area contributed by atoms with Crippen LogP contribution in [0.25, 0.3) is 21.9 Å². The Bertz CT molecular complexity index is 1040. The molecule has 0 fully saturated rings. The Morgan fingerprint density at radius 3 is 2.69 bits per heavy atom. The molecule has 2 aromatic heterocycles. The van der Waals surface area contributed by atoms with Crippen molar-refractivity contribution < 1.29 is 14.6 Å². The van der Waals surface area contributed by atoms with E-state index >= 15 is 0 Å². The highest BCUT2D eigenvalue weighted by Gasteiger charge is 2.33. The number of nitrogens with two attached hydrogens (primary N) is 1. The highest BCUT2D eigenvalue weighted by Crippen LogP contribution is 2.30. The van der Waals surface area contributed by atoms with E-state index in [4.69, 9.17) is 15.5 Å². The monoisotopic (exact) mass is 399 g/mol. The topological polar surface area (TPSA) is 106 Å². The fourth-order valence-corrected chi connectivity index (χ4v) is 4.04. The van der Waals surface area contributed by atoms with Crippen LogP contribution in [0, 0.1) is 0 Å². The Labute approximate surface area is 170 Å². The van der Waals surface area contributed by atoms with Crippen LogP contribution < -0.4 is 5.73 Å². The molecule has 2 heterocycles. The van der Waals surface area contributed by atoms with E-state index in [-0.39, 0.29) is 11.8 Å². The van der Waals surface area contributed by atoms with Crippen LogP contribution in [0.3, 0.4) is 0 Å². The number of primary amides is 1. The van der Waals surface area contributed by atoms with Gasteiger partial charge in [-0.1, -0.05) is 0 Å². The van der Waals surface area contributed by atoms with Crippen LogP contribution in [0.1, 0.15) is 40.4 Å². The number of phenols is 1. The van der Waals surface area contributed by atoms with Gasteiger partial charge in [0.2, 0.25) is 0 Å². The first-order chi connectivity index (χ1) is 13.7. The Morgan fingerprint density at radius 1 is 1.34 bits per heavy atom. The minimum Gasteiger partial charge on any atom is -0.508 e. The van der Waals surface area contributed by atoms with Crippen molar-refractivity contribution in [2.24, 2.45) is 5.73 Å². The number of aromatic hydroxyl groups is 1. The van der Waals surface area contributed by atoms with Gasteiger partial charge in [-0.25, -0.2) is 9.78 Å². The molecule has 0 unspecified atom stereocenters. The summed E-state index contributed by atoms with van der Waals surface area (Å²) in [7, 11) is 0. The largest absolute Gasteiger partial charge is 0.508 e. The number of ether oxygens (including phenoxy) is 1. The molecule has 156 valence electrons. The quantitative estimate of drug-likeness (QED) is 0.633. The summed E-state index contributed by atoms with van der Waals surface area (Å²) >= 11 is 0. The van der Waals surface area contributed by atoms with Crippen LogP contribution in [0.15, 0.2) is 24.4 Å². The predicted octanol–water partition coefficient (Wildman–Crippen LogP) is 3.39. The number of carbonyl (C=O) groups is 1. The minimum absolute atomic E-state index is 0.0528. The lowest BCUT2D eigenvalue weighted by molar-refractivity contribution is 0.0975. The van der Waals surface area contributed by atoms with Crippen LogP contribution in [-0.2, 0) is 17.9 Å². The first-order valence-corrected chi connectivity index (χ1v) is 9.79. The molecule has 1 aromatic carbocycles. The standard InChI is InChI=1S/C21H29N5O3/c1-6-29-11-18-24-17-10-23-16-9-14(27)7-8-15(16)19(17)25(18)12-21(4,5)26(13(2)3)20(22)28/h7-10,13,27H,6,11-12H2,1-5H3,(H2,22,28). The molecule has 0 aliphatic carbocycles. The summed E-state index contributed by atoms with van der Waals surface area (Å²) in [5.41, 5.74) is 7.43. The number of urea groups is 1. The number of imidazole rings is 1.